The maximum atomic E-state index is 13.9. The molecular formula is C10H19FN2O. The lowest BCUT2D eigenvalue weighted by Crippen LogP contribution is -2.40. The van der Waals surface area contributed by atoms with E-state index in [-0.39, 0.29) is 0 Å². The minimum absolute atomic E-state index is 0.539. The third-order valence-electron chi connectivity index (χ3n) is 3.17. The predicted molar refractivity (Wildman–Crippen MR) is 53.2 cm³/mol. The highest BCUT2D eigenvalue weighted by molar-refractivity contribution is 4.89. The Hall–Kier alpha value is -0.190. The Labute approximate surface area is 84.6 Å². The highest BCUT2D eigenvalue weighted by atomic mass is 19.1. The molecule has 0 amide bonds. The van der Waals surface area contributed by atoms with Gasteiger partial charge in [0.15, 0.2) is 0 Å². The first-order valence-electron chi connectivity index (χ1n) is 5.48. The summed E-state index contributed by atoms with van der Waals surface area (Å²) in [5.41, 5.74) is -0.946. The van der Waals surface area contributed by atoms with Gasteiger partial charge in [-0.2, -0.15) is 0 Å². The molecule has 1 unspecified atom stereocenters. The zero-order valence-electron chi connectivity index (χ0n) is 8.60. The molecule has 1 atom stereocenters. The van der Waals surface area contributed by atoms with Gasteiger partial charge >= 0.3 is 0 Å². The number of morpholine rings is 1. The van der Waals surface area contributed by atoms with Gasteiger partial charge in [-0.05, 0) is 19.4 Å². The summed E-state index contributed by atoms with van der Waals surface area (Å²) in [7, 11) is 0. The number of halogens is 1. The zero-order chi connectivity index (χ0) is 9.86. The van der Waals surface area contributed by atoms with E-state index >= 15 is 0 Å². The average molecular weight is 202 g/mol. The van der Waals surface area contributed by atoms with Crippen molar-refractivity contribution in [1.29, 1.82) is 0 Å². The molecule has 2 heterocycles. The molecule has 2 fully saturated rings. The van der Waals surface area contributed by atoms with Crippen LogP contribution in [0.1, 0.15) is 12.8 Å². The molecule has 0 aromatic carbocycles. The summed E-state index contributed by atoms with van der Waals surface area (Å²) in [6.07, 6.45) is 1.34. The number of nitrogens with one attached hydrogen (secondary N) is 1. The summed E-state index contributed by atoms with van der Waals surface area (Å²) in [6.45, 7) is 5.78. The summed E-state index contributed by atoms with van der Waals surface area (Å²) in [4.78, 5) is 2.29. The third kappa shape index (κ3) is 2.65. The van der Waals surface area contributed by atoms with Gasteiger partial charge in [-0.15, -0.1) is 0 Å². The van der Waals surface area contributed by atoms with E-state index in [1.54, 1.807) is 0 Å². The van der Waals surface area contributed by atoms with Gasteiger partial charge in [0, 0.05) is 26.2 Å². The summed E-state index contributed by atoms with van der Waals surface area (Å²) in [5.74, 6) is 0. The summed E-state index contributed by atoms with van der Waals surface area (Å²) in [6, 6.07) is 0. The average Bonchev–Trinajstić information content (AvgIpc) is 2.65. The molecule has 0 aromatic heterocycles. The van der Waals surface area contributed by atoms with Gasteiger partial charge in [-0.3, -0.25) is 4.90 Å². The van der Waals surface area contributed by atoms with Gasteiger partial charge in [-0.25, -0.2) is 4.39 Å². The van der Waals surface area contributed by atoms with Crippen molar-refractivity contribution >= 4 is 0 Å². The highest BCUT2D eigenvalue weighted by Gasteiger charge is 2.33. The van der Waals surface area contributed by atoms with Gasteiger partial charge in [0.05, 0.1) is 13.2 Å². The molecule has 2 rings (SSSR count). The molecule has 82 valence electrons. The smallest absolute Gasteiger partial charge is 0.125 e. The molecule has 4 heteroatoms. The lowest BCUT2D eigenvalue weighted by molar-refractivity contribution is 0.0286. The van der Waals surface area contributed by atoms with Gasteiger partial charge in [0.2, 0.25) is 0 Å². The molecule has 0 saturated carbocycles. The lowest BCUT2D eigenvalue weighted by Gasteiger charge is -2.29. The van der Waals surface area contributed by atoms with Gasteiger partial charge < -0.3 is 10.1 Å². The second kappa shape index (κ2) is 4.55. The molecule has 0 spiro atoms. The van der Waals surface area contributed by atoms with E-state index in [9.17, 15) is 4.39 Å². The molecule has 0 aliphatic carbocycles. The van der Waals surface area contributed by atoms with Crippen molar-refractivity contribution in [2.45, 2.75) is 18.5 Å². The van der Waals surface area contributed by atoms with E-state index in [4.69, 9.17) is 4.74 Å². The number of ether oxygens (including phenoxy) is 1. The molecule has 0 aromatic rings. The maximum Gasteiger partial charge on any atom is 0.125 e. The normalized spacial score (nSPS) is 34.9. The molecule has 0 radical (unpaired) electrons. The Morgan fingerprint density at radius 3 is 2.79 bits per heavy atom. The summed E-state index contributed by atoms with van der Waals surface area (Å²) < 4.78 is 19.2. The van der Waals surface area contributed by atoms with Crippen LogP contribution in [0.15, 0.2) is 0 Å². The quantitative estimate of drug-likeness (QED) is 0.717. The van der Waals surface area contributed by atoms with Gasteiger partial charge in [0.25, 0.3) is 0 Å². The number of hydrogen-bond donors (Lipinski definition) is 1. The number of hydrogen-bond acceptors (Lipinski definition) is 3. The molecule has 2 saturated heterocycles. The second-order valence-corrected chi connectivity index (χ2v) is 4.28. The lowest BCUT2D eigenvalue weighted by atomic mass is 10.0. The van der Waals surface area contributed by atoms with Crippen LogP contribution in [-0.2, 0) is 4.74 Å². The second-order valence-electron chi connectivity index (χ2n) is 4.28. The fourth-order valence-corrected chi connectivity index (χ4v) is 2.11. The molecule has 0 bridgehead atoms. The maximum absolute atomic E-state index is 13.9. The van der Waals surface area contributed by atoms with Crippen LogP contribution in [0.3, 0.4) is 0 Å². The SMILES string of the molecule is FC1(CCN2CCOCC2)CCNC1. The molecule has 1 N–H and O–H groups in total. The first-order chi connectivity index (χ1) is 6.79. The highest BCUT2D eigenvalue weighted by Crippen LogP contribution is 2.24. The minimum Gasteiger partial charge on any atom is -0.379 e. The molecule has 3 nitrogen and oxygen atoms in total. The van der Waals surface area contributed by atoms with Crippen molar-refractivity contribution < 1.29 is 9.13 Å². The Balaban J connectivity index is 1.70. The largest absolute Gasteiger partial charge is 0.379 e. The van der Waals surface area contributed by atoms with Crippen molar-refractivity contribution in [1.82, 2.24) is 10.2 Å². The van der Waals surface area contributed by atoms with Crippen molar-refractivity contribution in [3.8, 4) is 0 Å². The van der Waals surface area contributed by atoms with E-state index in [1.807, 2.05) is 0 Å². The molecular weight excluding hydrogens is 183 g/mol. The number of alkyl halides is 1. The van der Waals surface area contributed by atoms with Crippen LogP contribution in [0, 0.1) is 0 Å². The number of rotatable bonds is 3. The number of nitrogens with zero attached hydrogens (tertiary/aromatic N) is 1. The van der Waals surface area contributed by atoms with Crippen molar-refractivity contribution in [3.05, 3.63) is 0 Å². The van der Waals surface area contributed by atoms with Crippen molar-refractivity contribution in [3.63, 3.8) is 0 Å². The van der Waals surface area contributed by atoms with Crippen LogP contribution in [0.4, 0.5) is 4.39 Å². The molecule has 2 aliphatic heterocycles. The Morgan fingerprint density at radius 1 is 1.36 bits per heavy atom. The fourth-order valence-electron chi connectivity index (χ4n) is 2.11. The van der Waals surface area contributed by atoms with E-state index in [2.05, 4.69) is 10.2 Å². The van der Waals surface area contributed by atoms with Crippen LogP contribution in [-0.4, -0.2) is 56.5 Å². The van der Waals surface area contributed by atoms with E-state index < -0.39 is 5.67 Å². The van der Waals surface area contributed by atoms with E-state index in [0.717, 1.165) is 39.4 Å². The minimum atomic E-state index is -0.946. The summed E-state index contributed by atoms with van der Waals surface area (Å²) in [5, 5.41) is 3.08. The van der Waals surface area contributed by atoms with Gasteiger partial charge in [0.1, 0.15) is 5.67 Å². The van der Waals surface area contributed by atoms with Crippen LogP contribution in [0.5, 0.6) is 0 Å². The van der Waals surface area contributed by atoms with Crippen molar-refractivity contribution in [2.24, 2.45) is 0 Å². The van der Waals surface area contributed by atoms with Crippen LogP contribution >= 0.6 is 0 Å². The fraction of sp³-hybridized carbons (Fsp3) is 1.00. The standard InChI is InChI=1S/C10H19FN2O/c11-10(1-3-12-9-10)2-4-13-5-7-14-8-6-13/h12H,1-9H2. The summed E-state index contributed by atoms with van der Waals surface area (Å²) >= 11 is 0. The van der Waals surface area contributed by atoms with E-state index in [1.165, 1.54) is 0 Å². The first kappa shape index (κ1) is 10.3. The predicted octanol–water partition coefficient (Wildman–Crippen LogP) is 0.410. The third-order valence-corrected chi connectivity index (χ3v) is 3.17. The van der Waals surface area contributed by atoms with Crippen LogP contribution in [0.25, 0.3) is 0 Å². The Morgan fingerprint density at radius 2 is 2.14 bits per heavy atom. The molecule has 14 heavy (non-hydrogen) atoms. The van der Waals surface area contributed by atoms with E-state index in [0.29, 0.717) is 19.4 Å². The molecule has 2 aliphatic rings. The monoisotopic (exact) mass is 202 g/mol. The van der Waals surface area contributed by atoms with Crippen molar-refractivity contribution in [2.75, 3.05) is 45.9 Å². The Bertz CT molecular complexity index is 177. The first-order valence-corrected chi connectivity index (χ1v) is 5.48. The van der Waals surface area contributed by atoms with Crippen LogP contribution < -0.4 is 5.32 Å². The zero-order valence-corrected chi connectivity index (χ0v) is 8.60. The topological polar surface area (TPSA) is 24.5 Å². The Kier molecular flexibility index (Phi) is 3.36. The van der Waals surface area contributed by atoms with Gasteiger partial charge in [-0.1, -0.05) is 0 Å². The van der Waals surface area contributed by atoms with Crippen LogP contribution in [0.2, 0.25) is 0 Å².